The number of ether oxygens (including phenoxy) is 1. The second-order valence-electron chi connectivity index (χ2n) is 5.76. The van der Waals surface area contributed by atoms with Crippen LogP contribution in [0.5, 0.6) is 0 Å². The van der Waals surface area contributed by atoms with Crippen LogP contribution in [0, 0.1) is 0 Å². The van der Waals surface area contributed by atoms with E-state index in [1.807, 2.05) is 11.8 Å². The minimum absolute atomic E-state index is 0.192. The number of rotatable bonds is 8. The molecule has 0 aliphatic heterocycles. The molecule has 0 amide bonds. The van der Waals surface area contributed by atoms with Crippen molar-refractivity contribution < 1.29 is 4.74 Å². The molecule has 0 fully saturated rings. The molecule has 0 unspecified atom stereocenters. The van der Waals surface area contributed by atoms with Crippen molar-refractivity contribution >= 4 is 17.7 Å². The molecule has 5 heteroatoms. The number of methoxy groups -OCH3 is 1. The van der Waals surface area contributed by atoms with Crippen molar-refractivity contribution in [3.63, 3.8) is 0 Å². The molecule has 0 radical (unpaired) electrons. The lowest BCUT2D eigenvalue weighted by Gasteiger charge is -2.23. The van der Waals surface area contributed by atoms with Crippen molar-refractivity contribution in [1.29, 1.82) is 0 Å². The molecule has 124 valence electrons. The summed E-state index contributed by atoms with van der Waals surface area (Å²) in [5.41, 5.74) is 2.38. The summed E-state index contributed by atoms with van der Waals surface area (Å²) in [5, 5.41) is 6.70. The summed E-state index contributed by atoms with van der Waals surface area (Å²) in [5.74, 6) is 0.866. The summed E-state index contributed by atoms with van der Waals surface area (Å²) in [7, 11) is 1.71. The Kier molecular flexibility index (Phi) is 8.35. The van der Waals surface area contributed by atoms with Gasteiger partial charge >= 0.3 is 0 Å². The van der Waals surface area contributed by atoms with Gasteiger partial charge in [0, 0.05) is 24.9 Å². The fourth-order valence-corrected chi connectivity index (χ4v) is 2.00. The fraction of sp³-hybridized carbons (Fsp3) is 0.588. The first-order valence-corrected chi connectivity index (χ1v) is 8.87. The molecule has 0 aliphatic rings. The first-order chi connectivity index (χ1) is 10.5. The van der Waals surface area contributed by atoms with Crippen molar-refractivity contribution in [2.75, 3.05) is 26.5 Å². The number of thioether (sulfide) groups is 1. The molecule has 1 aromatic rings. The Morgan fingerprint density at radius 2 is 1.82 bits per heavy atom. The van der Waals surface area contributed by atoms with Crippen LogP contribution in [-0.4, -0.2) is 37.2 Å². The average Bonchev–Trinajstić information content (AvgIpc) is 2.52. The van der Waals surface area contributed by atoms with Gasteiger partial charge in [-0.3, -0.25) is 0 Å². The van der Waals surface area contributed by atoms with E-state index in [1.54, 1.807) is 7.11 Å². The number of guanidine groups is 1. The second-order valence-corrected chi connectivity index (χ2v) is 7.28. The number of nitrogens with one attached hydrogen (secondary N) is 2. The third-order valence-electron chi connectivity index (χ3n) is 3.33. The average molecular weight is 324 g/mol. The Bertz CT molecular complexity index is 457. The highest BCUT2D eigenvalue weighted by Crippen LogP contribution is 2.19. The molecule has 22 heavy (non-hydrogen) atoms. The van der Waals surface area contributed by atoms with Gasteiger partial charge in [-0.1, -0.05) is 24.3 Å². The number of aliphatic imine (C=N–C) groups is 1. The monoisotopic (exact) mass is 323 g/mol. The van der Waals surface area contributed by atoms with Gasteiger partial charge in [0.15, 0.2) is 5.96 Å². The van der Waals surface area contributed by atoms with Gasteiger partial charge in [0.25, 0.3) is 0 Å². The van der Waals surface area contributed by atoms with Crippen molar-refractivity contribution in [3.05, 3.63) is 35.4 Å². The van der Waals surface area contributed by atoms with E-state index in [2.05, 4.69) is 66.9 Å². The van der Waals surface area contributed by atoms with Gasteiger partial charge in [0.05, 0.1) is 13.2 Å². The maximum Gasteiger partial charge on any atom is 0.191 e. The van der Waals surface area contributed by atoms with Crippen LogP contribution < -0.4 is 10.6 Å². The lowest BCUT2D eigenvalue weighted by atomic mass is 10.1. The highest BCUT2D eigenvalue weighted by atomic mass is 32.2. The molecule has 0 saturated heterocycles. The summed E-state index contributed by atoms with van der Waals surface area (Å²) in [4.78, 5) is 4.65. The van der Waals surface area contributed by atoms with Crippen LogP contribution in [0.2, 0.25) is 0 Å². The first kappa shape index (κ1) is 18.8. The molecule has 0 aliphatic carbocycles. The summed E-state index contributed by atoms with van der Waals surface area (Å²) in [6, 6.07) is 8.39. The Hall–Kier alpha value is -1.20. The van der Waals surface area contributed by atoms with Crippen LogP contribution in [0.15, 0.2) is 29.3 Å². The van der Waals surface area contributed by atoms with Gasteiger partial charge in [-0.15, -0.1) is 0 Å². The smallest absolute Gasteiger partial charge is 0.191 e. The van der Waals surface area contributed by atoms with Crippen molar-refractivity contribution in [2.45, 2.75) is 38.7 Å². The molecule has 1 rings (SSSR count). The van der Waals surface area contributed by atoms with Gasteiger partial charge in [0.2, 0.25) is 0 Å². The lowest BCUT2D eigenvalue weighted by Crippen LogP contribution is -2.43. The predicted octanol–water partition coefficient (Wildman–Crippen LogP) is 3.03. The van der Waals surface area contributed by atoms with E-state index in [4.69, 9.17) is 4.74 Å². The molecule has 0 heterocycles. The van der Waals surface area contributed by atoms with Crippen molar-refractivity contribution in [3.8, 4) is 0 Å². The van der Waals surface area contributed by atoms with E-state index in [-0.39, 0.29) is 4.75 Å². The van der Waals surface area contributed by atoms with Crippen molar-refractivity contribution in [2.24, 2.45) is 4.99 Å². The summed E-state index contributed by atoms with van der Waals surface area (Å²) < 4.78 is 5.32. The van der Waals surface area contributed by atoms with Crippen molar-refractivity contribution in [1.82, 2.24) is 10.6 Å². The lowest BCUT2D eigenvalue weighted by molar-refractivity contribution is 0.185. The minimum Gasteiger partial charge on any atom is -0.380 e. The number of nitrogens with zero attached hydrogens (tertiary/aromatic N) is 1. The van der Waals surface area contributed by atoms with Gasteiger partial charge in [-0.2, -0.15) is 11.8 Å². The van der Waals surface area contributed by atoms with E-state index >= 15 is 0 Å². The molecular formula is C17H29N3OS. The topological polar surface area (TPSA) is 45.7 Å². The first-order valence-electron chi connectivity index (χ1n) is 7.65. The SMILES string of the molecule is CCNC(=NCc1ccc(COC)cc1)NCC(C)(C)SC. The summed E-state index contributed by atoms with van der Waals surface area (Å²) >= 11 is 1.85. The van der Waals surface area contributed by atoms with E-state index in [0.29, 0.717) is 13.2 Å². The van der Waals surface area contributed by atoms with Gasteiger partial charge < -0.3 is 15.4 Å². The molecule has 0 saturated carbocycles. The Balaban J connectivity index is 2.61. The van der Waals surface area contributed by atoms with Crippen LogP contribution in [-0.2, 0) is 17.9 Å². The molecular weight excluding hydrogens is 294 g/mol. The standard InChI is InChI=1S/C17H29N3OS/c1-6-18-16(20-13-17(2,3)22-5)19-11-14-7-9-15(10-8-14)12-21-4/h7-10H,6,11-13H2,1-5H3,(H2,18,19,20). The normalized spacial score (nSPS) is 12.3. The quantitative estimate of drug-likeness (QED) is 0.570. The molecule has 1 aromatic carbocycles. The van der Waals surface area contributed by atoms with Crippen LogP contribution in [0.4, 0.5) is 0 Å². The second kappa shape index (κ2) is 9.74. The number of benzene rings is 1. The summed E-state index contributed by atoms with van der Waals surface area (Å²) in [6.45, 7) is 9.59. The predicted molar refractivity (Wildman–Crippen MR) is 97.6 cm³/mol. The number of hydrogen-bond acceptors (Lipinski definition) is 3. The maximum atomic E-state index is 5.12. The molecule has 0 atom stereocenters. The fourth-order valence-electron chi connectivity index (χ4n) is 1.79. The third kappa shape index (κ3) is 7.18. The Morgan fingerprint density at radius 1 is 1.18 bits per heavy atom. The molecule has 0 aromatic heterocycles. The van der Waals surface area contributed by atoms with E-state index in [9.17, 15) is 0 Å². The molecule has 0 spiro atoms. The minimum atomic E-state index is 0.192. The van der Waals surface area contributed by atoms with Crippen LogP contribution in [0.25, 0.3) is 0 Å². The Morgan fingerprint density at radius 3 is 2.36 bits per heavy atom. The van der Waals surface area contributed by atoms with Crippen LogP contribution >= 0.6 is 11.8 Å². The zero-order valence-corrected chi connectivity index (χ0v) is 15.2. The zero-order chi connectivity index (χ0) is 16.4. The van der Waals surface area contributed by atoms with Gasteiger partial charge in [-0.25, -0.2) is 4.99 Å². The molecule has 0 bridgehead atoms. The largest absolute Gasteiger partial charge is 0.380 e. The molecule has 4 nitrogen and oxygen atoms in total. The van der Waals surface area contributed by atoms with Gasteiger partial charge in [-0.05, 0) is 38.2 Å². The van der Waals surface area contributed by atoms with Crippen LogP contribution in [0.3, 0.4) is 0 Å². The highest BCUT2D eigenvalue weighted by Gasteiger charge is 2.15. The third-order valence-corrected chi connectivity index (χ3v) is 4.58. The van der Waals surface area contributed by atoms with E-state index in [0.717, 1.165) is 19.0 Å². The maximum absolute atomic E-state index is 5.12. The van der Waals surface area contributed by atoms with Gasteiger partial charge in [0.1, 0.15) is 0 Å². The zero-order valence-electron chi connectivity index (χ0n) is 14.4. The van der Waals surface area contributed by atoms with Crippen LogP contribution in [0.1, 0.15) is 31.9 Å². The van der Waals surface area contributed by atoms with E-state index < -0.39 is 0 Å². The highest BCUT2D eigenvalue weighted by molar-refractivity contribution is 7.99. The number of hydrogen-bond donors (Lipinski definition) is 2. The molecule has 2 N–H and O–H groups in total. The van der Waals surface area contributed by atoms with E-state index in [1.165, 1.54) is 11.1 Å². The summed E-state index contributed by atoms with van der Waals surface area (Å²) in [6.07, 6.45) is 2.13. The Labute approximate surface area is 139 Å².